The van der Waals surface area contributed by atoms with Crippen molar-refractivity contribution in [3.63, 3.8) is 0 Å². The molecule has 0 aliphatic heterocycles. The van der Waals surface area contributed by atoms with Crippen LogP contribution < -0.4 is 9.62 Å². The van der Waals surface area contributed by atoms with Crippen molar-refractivity contribution in [3.8, 4) is 0 Å². The SMILES string of the molecule is CNC(=O)[C@H](C)N(Cc1cccc(Cl)c1)C(=O)CN(c1cc(Cl)cc(Cl)c1)S(=O)(=O)c1ccc(C)cc1. The maximum Gasteiger partial charge on any atom is 0.264 e. The largest absolute Gasteiger partial charge is 0.357 e. The van der Waals surface area contributed by atoms with Gasteiger partial charge in [0.1, 0.15) is 12.6 Å². The molecule has 0 fully saturated rings. The first-order valence-corrected chi connectivity index (χ1v) is 13.8. The highest BCUT2D eigenvalue weighted by Crippen LogP contribution is 2.30. The molecule has 1 atom stereocenters. The quantitative estimate of drug-likeness (QED) is 0.370. The monoisotopic (exact) mass is 581 g/mol. The fraction of sp³-hybridized carbons (Fsp3) is 0.231. The minimum atomic E-state index is -4.22. The second-order valence-corrected chi connectivity index (χ2v) is 11.6. The first-order chi connectivity index (χ1) is 17.4. The zero-order chi connectivity index (χ0) is 27.3. The van der Waals surface area contributed by atoms with E-state index in [1.54, 1.807) is 43.3 Å². The molecule has 0 saturated heterocycles. The lowest BCUT2D eigenvalue weighted by Crippen LogP contribution is -2.50. The topological polar surface area (TPSA) is 86.8 Å². The van der Waals surface area contributed by atoms with Gasteiger partial charge in [-0.25, -0.2) is 8.42 Å². The number of carbonyl (C=O) groups excluding carboxylic acids is 2. The molecular formula is C26H26Cl3N3O4S. The van der Waals surface area contributed by atoms with Gasteiger partial charge in [-0.1, -0.05) is 64.6 Å². The number of hydrogen-bond donors (Lipinski definition) is 1. The van der Waals surface area contributed by atoms with E-state index in [1.807, 2.05) is 6.92 Å². The molecule has 0 spiro atoms. The molecule has 0 aliphatic rings. The van der Waals surface area contributed by atoms with E-state index in [1.165, 1.54) is 42.3 Å². The van der Waals surface area contributed by atoms with Gasteiger partial charge in [-0.05, 0) is 61.9 Å². The number of benzene rings is 3. The maximum atomic E-state index is 13.8. The molecule has 0 aliphatic carbocycles. The van der Waals surface area contributed by atoms with Crippen LogP contribution in [-0.2, 0) is 26.2 Å². The maximum absolute atomic E-state index is 13.8. The third kappa shape index (κ3) is 7.17. The van der Waals surface area contributed by atoms with Gasteiger partial charge in [0.15, 0.2) is 0 Å². The molecule has 0 saturated carbocycles. The summed E-state index contributed by atoms with van der Waals surface area (Å²) in [7, 11) is -2.76. The van der Waals surface area contributed by atoms with Gasteiger partial charge in [-0.15, -0.1) is 0 Å². The molecule has 0 unspecified atom stereocenters. The summed E-state index contributed by atoms with van der Waals surface area (Å²) >= 11 is 18.5. The average Bonchev–Trinajstić information content (AvgIpc) is 2.84. The van der Waals surface area contributed by atoms with Crippen LogP contribution in [0.3, 0.4) is 0 Å². The lowest BCUT2D eigenvalue weighted by Gasteiger charge is -2.32. The minimum Gasteiger partial charge on any atom is -0.357 e. The number of aryl methyl sites for hydroxylation is 1. The fourth-order valence-electron chi connectivity index (χ4n) is 3.67. The highest BCUT2D eigenvalue weighted by molar-refractivity contribution is 7.92. The Labute approximate surface area is 232 Å². The number of anilines is 1. The van der Waals surface area contributed by atoms with Crippen molar-refractivity contribution in [2.75, 3.05) is 17.9 Å². The van der Waals surface area contributed by atoms with E-state index in [2.05, 4.69) is 5.32 Å². The second-order valence-electron chi connectivity index (χ2n) is 8.39. The molecule has 3 aromatic carbocycles. The summed E-state index contributed by atoms with van der Waals surface area (Å²) < 4.78 is 28.5. The summed E-state index contributed by atoms with van der Waals surface area (Å²) in [4.78, 5) is 27.5. The molecule has 2 amide bonds. The molecule has 196 valence electrons. The zero-order valence-electron chi connectivity index (χ0n) is 20.4. The third-order valence-electron chi connectivity index (χ3n) is 5.68. The first-order valence-electron chi connectivity index (χ1n) is 11.2. The van der Waals surface area contributed by atoms with Crippen molar-refractivity contribution >= 4 is 62.3 Å². The molecular weight excluding hydrogens is 557 g/mol. The summed E-state index contributed by atoms with van der Waals surface area (Å²) in [6.07, 6.45) is 0. The van der Waals surface area contributed by atoms with Crippen LogP contribution in [0.2, 0.25) is 15.1 Å². The number of halogens is 3. The van der Waals surface area contributed by atoms with E-state index in [4.69, 9.17) is 34.8 Å². The van der Waals surface area contributed by atoms with Gasteiger partial charge in [-0.2, -0.15) is 0 Å². The molecule has 3 aromatic rings. The summed E-state index contributed by atoms with van der Waals surface area (Å²) in [5, 5.41) is 3.40. The Morgan fingerprint density at radius 1 is 0.919 bits per heavy atom. The van der Waals surface area contributed by atoms with Gasteiger partial charge in [0.05, 0.1) is 10.6 Å². The molecule has 0 aromatic heterocycles. The van der Waals surface area contributed by atoms with Crippen LogP contribution in [0.4, 0.5) is 5.69 Å². The predicted octanol–water partition coefficient (Wildman–Crippen LogP) is 5.31. The Balaban J connectivity index is 2.07. The number of hydrogen-bond acceptors (Lipinski definition) is 4. The lowest BCUT2D eigenvalue weighted by atomic mass is 10.1. The minimum absolute atomic E-state index is 0.0114. The summed E-state index contributed by atoms with van der Waals surface area (Å²) in [6, 6.07) is 16.5. The van der Waals surface area contributed by atoms with E-state index in [0.717, 1.165) is 9.87 Å². The Morgan fingerprint density at radius 3 is 2.11 bits per heavy atom. The number of sulfonamides is 1. The van der Waals surface area contributed by atoms with Gasteiger partial charge in [0.25, 0.3) is 10.0 Å². The average molecular weight is 583 g/mol. The zero-order valence-corrected chi connectivity index (χ0v) is 23.5. The highest BCUT2D eigenvalue weighted by Gasteiger charge is 2.32. The van der Waals surface area contributed by atoms with Crippen molar-refractivity contribution in [3.05, 3.63) is 92.9 Å². The highest BCUT2D eigenvalue weighted by atomic mass is 35.5. The van der Waals surface area contributed by atoms with Gasteiger partial charge in [0.2, 0.25) is 11.8 Å². The number of nitrogens with zero attached hydrogens (tertiary/aromatic N) is 2. The Kier molecular flexibility index (Phi) is 9.47. The number of nitrogens with one attached hydrogen (secondary N) is 1. The predicted molar refractivity (Wildman–Crippen MR) is 148 cm³/mol. The third-order valence-corrected chi connectivity index (χ3v) is 8.14. The van der Waals surface area contributed by atoms with Crippen molar-refractivity contribution < 1.29 is 18.0 Å². The van der Waals surface area contributed by atoms with E-state index < -0.39 is 34.4 Å². The molecule has 3 rings (SSSR count). The van der Waals surface area contributed by atoms with E-state index in [9.17, 15) is 18.0 Å². The molecule has 0 heterocycles. The summed E-state index contributed by atoms with van der Waals surface area (Å²) in [6.45, 7) is 2.83. The van der Waals surface area contributed by atoms with Crippen LogP contribution in [-0.4, -0.2) is 44.8 Å². The smallest absolute Gasteiger partial charge is 0.264 e. The van der Waals surface area contributed by atoms with Crippen LogP contribution in [0, 0.1) is 6.92 Å². The van der Waals surface area contributed by atoms with E-state index >= 15 is 0 Å². The van der Waals surface area contributed by atoms with Gasteiger partial charge < -0.3 is 10.2 Å². The summed E-state index contributed by atoms with van der Waals surface area (Å²) in [5.41, 5.74) is 1.66. The Morgan fingerprint density at radius 2 is 1.54 bits per heavy atom. The first kappa shape index (κ1) is 28.8. The second kappa shape index (κ2) is 12.2. The Hall–Kier alpha value is -2.78. The van der Waals surface area contributed by atoms with Crippen molar-refractivity contribution in [2.45, 2.75) is 31.3 Å². The molecule has 0 radical (unpaired) electrons. The van der Waals surface area contributed by atoms with E-state index in [0.29, 0.717) is 10.6 Å². The summed E-state index contributed by atoms with van der Waals surface area (Å²) in [5.74, 6) is -1.02. The molecule has 1 N–H and O–H groups in total. The standard InChI is InChI=1S/C26H26Cl3N3O4S/c1-17-7-9-24(10-8-17)37(35,36)32(23-13-21(28)12-22(29)14-23)16-25(33)31(18(2)26(34)30-3)15-19-5-4-6-20(27)11-19/h4-14,18H,15-16H2,1-3H3,(H,30,34)/t18-/m0/s1. The van der Waals surface area contributed by atoms with E-state index in [-0.39, 0.29) is 27.2 Å². The number of likely N-dealkylation sites (N-methyl/N-ethyl adjacent to an activating group) is 1. The van der Waals surface area contributed by atoms with Crippen molar-refractivity contribution in [2.24, 2.45) is 0 Å². The fourth-order valence-corrected chi connectivity index (χ4v) is 5.80. The molecule has 11 heteroatoms. The molecule has 37 heavy (non-hydrogen) atoms. The van der Waals surface area contributed by atoms with Crippen LogP contribution in [0.15, 0.2) is 71.6 Å². The van der Waals surface area contributed by atoms with Gasteiger partial charge in [0, 0.05) is 28.7 Å². The number of carbonyl (C=O) groups is 2. The van der Waals surface area contributed by atoms with Crippen LogP contribution in [0.5, 0.6) is 0 Å². The van der Waals surface area contributed by atoms with Crippen LogP contribution in [0.1, 0.15) is 18.1 Å². The normalized spacial score (nSPS) is 12.1. The number of rotatable bonds is 9. The number of amides is 2. The van der Waals surface area contributed by atoms with Crippen molar-refractivity contribution in [1.82, 2.24) is 10.2 Å². The van der Waals surface area contributed by atoms with Crippen molar-refractivity contribution in [1.29, 1.82) is 0 Å². The van der Waals surface area contributed by atoms with Gasteiger partial charge >= 0.3 is 0 Å². The Bertz CT molecular complexity index is 1380. The van der Waals surface area contributed by atoms with Gasteiger partial charge in [-0.3, -0.25) is 13.9 Å². The lowest BCUT2D eigenvalue weighted by molar-refractivity contribution is -0.139. The molecule has 0 bridgehead atoms. The van der Waals surface area contributed by atoms with Crippen LogP contribution >= 0.6 is 34.8 Å². The molecule has 7 nitrogen and oxygen atoms in total. The van der Waals surface area contributed by atoms with Crippen LogP contribution in [0.25, 0.3) is 0 Å².